The van der Waals surface area contributed by atoms with Crippen LogP contribution in [0, 0.1) is 6.92 Å². The predicted molar refractivity (Wildman–Crippen MR) is 89.2 cm³/mol. The van der Waals surface area contributed by atoms with E-state index < -0.39 is 0 Å². The number of rotatable bonds is 3. The Morgan fingerprint density at radius 3 is 2.47 bits per heavy atom. The molecule has 0 radical (unpaired) electrons. The third kappa shape index (κ3) is 3.83. The van der Waals surface area contributed by atoms with E-state index >= 15 is 0 Å². The maximum atomic E-state index is 3.57. The van der Waals surface area contributed by atoms with E-state index in [4.69, 9.17) is 0 Å². The van der Waals surface area contributed by atoms with Crippen LogP contribution in [-0.2, 0) is 12.0 Å². The number of thiophene rings is 1. The average molecular weight is 338 g/mol. The van der Waals surface area contributed by atoms with Gasteiger partial charge in [0.25, 0.3) is 0 Å². The van der Waals surface area contributed by atoms with E-state index in [9.17, 15) is 0 Å². The van der Waals surface area contributed by atoms with Gasteiger partial charge in [0.2, 0.25) is 0 Å². The van der Waals surface area contributed by atoms with Gasteiger partial charge in [-0.05, 0) is 42.2 Å². The number of aryl methyl sites for hydroxylation is 1. The van der Waals surface area contributed by atoms with Crippen LogP contribution in [0.4, 0.5) is 5.69 Å². The number of hydrogen-bond acceptors (Lipinski definition) is 2. The van der Waals surface area contributed by atoms with Crippen molar-refractivity contribution < 1.29 is 0 Å². The van der Waals surface area contributed by atoms with Crippen LogP contribution in [0.2, 0.25) is 0 Å². The van der Waals surface area contributed by atoms with Gasteiger partial charge in [-0.15, -0.1) is 11.3 Å². The van der Waals surface area contributed by atoms with Gasteiger partial charge >= 0.3 is 0 Å². The van der Waals surface area contributed by atoms with Crippen LogP contribution in [0.25, 0.3) is 0 Å². The molecule has 0 amide bonds. The monoisotopic (exact) mass is 337 g/mol. The fourth-order valence-corrected chi connectivity index (χ4v) is 3.15. The Hall–Kier alpha value is -0.800. The smallest absolute Gasteiger partial charge is 0.0494 e. The molecule has 1 aromatic heterocycles. The number of hydrogen-bond donors (Lipinski definition) is 1. The van der Waals surface area contributed by atoms with Crippen molar-refractivity contribution in [1.82, 2.24) is 0 Å². The normalized spacial score (nSPS) is 11.6. The van der Waals surface area contributed by atoms with E-state index in [0.717, 1.165) is 16.7 Å². The number of halogens is 1. The summed E-state index contributed by atoms with van der Waals surface area (Å²) < 4.78 is 1.15. The molecule has 0 fully saturated rings. The number of anilines is 1. The fraction of sp³-hybridized carbons (Fsp3) is 0.375. The van der Waals surface area contributed by atoms with Crippen molar-refractivity contribution in [1.29, 1.82) is 0 Å². The van der Waals surface area contributed by atoms with E-state index in [-0.39, 0.29) is 5.41 Å². The van der Waals surface area contributed by atoms with Gasteiger partial charge in [-0.2, -0.15) is 0 Å². The molecule has 0 aliphatic carbocycles. The maximum absolute atomic E-state index is 3.57. The largest absolute Gasteiger partial charge is 0.380 e. The van der Waals surface area contributed by atoms with E-state index in [0.29, 0.717) is 0 Å². The first kappa shape index (κ1) is 14.6. The maximum Gasteiger partial charge on any atom is 0.0494 e. The number of nitrogens with one attached hydrogen (secondary N) is 1. The van der Waals surface area contributed by atoms with E-state index in [1.165, 1.54) is 15.3 Å². The summed E-state index contributed by atoms with van der Waals surface area (Å²) in [7, 11) is 0. The molecule has 3 heteroatoms. The summed E-state index contributed by atoms with van der Waals surface area (Å²) in [4.78, 5) is 2.82. The van der Waals surface area contributed by atoms with Crippen molar-refractivity contribution in [3.05, 3.63) is 50.1 Å². The summed E-state index contributed by atoms with van der Waals surface area (Å²) in [5, 5.41) is 3.47. The molecule has 0 saturated heterocycles. The van der Waals surface area contributed by atoms with Gasteiger partial charge in [0.15, 0.2) is 0 Å². The zero-order valence-electron chi connectivity index (χ0n) is 11.9. The standard InChI is InChI=1S/C16H20BrNS/c1-11-5-6-12(9-14(11)17)18-10-13-7-8-15(19-13)16(2,3)4/h5-9,18H,10H2,1-4H3. The summed E-state index contributed by atoms with van der Waals surface area (Å²) >= 11 is 5.46. The molecule has 1 nitrogen and oxygen atoms in total. The Kier molecular flexibility index (Phi) is 4.36. The van der Waals surface area contributed by atoms with Crippen LogP contribution >= 0.6 is 27.3 Å². The van der Waals surface area contributed by atoms with E-state index in [2.05, 4.69) is 79.3 Å². The first-order valence-electron chi connectivity index (χ1n) is 6.45. The zero-order chi connectivity index (χ0) is 14.0. The lowest BCUT2D eigenvalue weighted by atomic mass is 9.95. The van der Waals surface area contributed by atoms with Crippen molar-refractivity contribution in [2.24, 2.45) is 0 Å². The van der Waals surface area contributed by atoms with Gasteiger partial charge in [-0.1, -0.05) is 42.8 Å². The zero-order valence-corrected chi connectivity index (χ0v) is 14.3. The van der Waals surface area contributed by atoms with Gasteiger partial charge in [-0.25, -0.2) is 0 Å². The SMILES string of the molecule is Cc1ccc(NCc2ccc(C(C)(C)C)s2)cc1Br. The molecular formula is C16H20BrNS. The molecule has 1 heterocycles. The summed E-state index contributed by atoms with van der Waals surface area (Å²) in [6, 6.07) is 10.8. The van der Waals surface area contributed by atoms with E-state index in [1.54, 1.807) is 0 Å². The lowest BCUT2D eigenvalue weighted by Gasteiger charge is -2.15. The predicted octanol–water partition coefficient (Wildman–Crippen LogP) is 5.73. The second kappa shape index (κ2) is 5.68. The van der Waals surface area contributed by atoms with Crippen molar-refractivity contribution >= 4 is 33.0 Å². The van der Waals surface area contributed by atoms with Gasteiger partial charge < -0.3 is 5.32 Å². The molecule has 0 bridgehead atoms. The van der Waals surface area contributed by atoms with Crippen LogP contribution < -0.4 is 5.32 Å². The Balaban J connectivity index is 2.02. The minimum Gasteiger partial charge on any atom is -0.380 e. The molecule has 2 aromatic rings. The lowest BCUT2D eigenvalue weighted by molar-refractivity contribution is 0.604. The molecule has 102 valence electrons. The second-order valence-corrected chi connectivity index (χ2v) is 7.86. The molecule has 0 atom stereocenters. The molecular weight excluding hydrogens is 318 g/mol. The average Bonchev–Trinajstić information content (AvgIpc) is 2.79. The van der Waals surface area contributed by atoms with Crippen LogP contribution in [0.3, 0.4) is 0 Å². The molecule has 1 aromatic carbocycles. The van der Waals surface area contributed by atoms with Gasteiger partial charge in [-0.3, -0.25) is 0 Å². The Morgan fingerprint density at radius 1 is 1.16 bits per heavy atom. The summed E-state index contributed by atoms with van der Waals surface area (Å²) in [5.74, 6) is 0. The first-order chi connectivity index (χ1) is 8.86. The molecule has 1 N–H and O–H groups in total. The van der Waals surface area contributed by atoms with Crippen LogP contribution in [-0.4, -0.2) is 0 Å². The van der Waals surface area contributed by atoms with Crippen molar-refractivity contribution in [2.75, 3.05) is 5.32 Å². The van der Waals surface area contributed by atoms with Gasteiger partial charge in [0.05, 0.1) is 0 Å². The molecule has 0 aliphatic heterocycles. The molecule has 19 heavy (non-hydrogen) atoms. The van der Waals surface area contributed by atoms with Gasteiger partial charge in [0, 0.05) is 26.5 Å². The highest BCUT2D eigenvalue weighted by Gasteiger charge is 2.15. The third-order valence-corrected chi connectivity index (χ3v) is 5.40. The highest BCUT2D eigenvalue weighted by Crippen LogP contribution is 2.30. The highest BCUT2D eigenvalue weighted by molar-refractivity contribution is 9.10. The van der Waals surface area contributed by atoms with Crippen molar-refractivity contribution in [3.63, 3.8) is 0 Å². The van der Waals surface area contributed by atoms with Crippen LogP contribution in [0.5, 0.6) is 0 Å². The van der Waals surface area contributed by atoms with E-state index in [1.807, 2.05) is 11.3 Å². The van der Waals surface area contributed by atoms with Crippen molar-refractivity contribution in [3.8, 4) is 0 Å². The lowest BCUT2D eigenvalue weighted by Crippen LogP contribution is -2.07. The minimum absolute atomic E-state index is 0.246. The highest BCUT2D eigenvalue weighted by atomic mass is 79.9. The van der Waals surface area contributed by atoms with Crippen LogP contribution in [0.15, 0.2) is 34.8 Å². The summed E-state index contributed by atoms with van der Waals surface area (Å²) in [5.41, 5.74) is 2.66. The molecule has 0 aliphatic rings. The molecule has 0 saturated carbocycles. The number of benzene rings is 1. The fourth-order valence-electron chi connectivity index (χ4n) is 1.77. The molecule has 2 rings (SSSR count). The minimum atomic E-state index is 0.246. The Labute approximate surface area is 128 Å². The Bertz CT molecular complexity index is 566. The summed E-state index contributed by atoms with van der Waals surface area (Å²) in [6.07, 6.45) is 0. The topological polar surface area (TPSA) is 12.0 Å². The Morgan fingerprint density at radius 2 is 1.89 bits per heavy atom. The van der Waals surface area contributed by atoms with Crippen molar-refractivity contribution in [2.45, 2.75) is 39.7 Å². The molecule has 0 spiro atoms. The van der Waals surface area contributed by atoms with Crippen LogP contribution in [0.1, 0.15) is 36.1 Å². The quantitative estimate of drug-likeness (QED) is 0.754. The summed E-state index contributed by atoms with van der Waals surface area (Å²) in [6.45, 7) is 9.76. The third-order valence-electron chi connectivity index (χ3n) is 3.04. The van der Waals surface area contributed by atoms with Gasteiger partial charge in [0.1, 0.15) is 0 Å². The first-order valence-corrected chi connectivity index (χ1v) is 8.06. The molecule has 0 unspecified atom stereocenters. The second-order valence-electron chi connectivity index (χ2n) is 5.83.